The smallest absolute Gasteiger partial charge is 0.203 e. The summed E-state index contributed by atoms with van der Waals surface area (Å²) in [7, 11) is 0. The largest absolute Gasteiger partial charge is 0.504 e. The predicted molar refractivity (Wildman–Crippen MR) is 56.5 cm³/mol. The summed E-state index contributed by atoms with van der Waals surface area (Å²) in [5.74, 6) is 1.20. The second-order valence-electron chi connectivity index (χ2n) is 3.78. The summed E-state index contributed by atoms with van der Waals surface area (Å²) in [6.07, 6.45) is 0.627. The summed E-state index contributed by atoms with van der Waals surface area (Å²) in [4.78, 5) is 0. The molecule has 0 saturated carbocycles. The third-order valence-corrected chi connectivity index (χ3v) is 2.31. The van der Waals surface area contributed by atoms with Crippen LogP contribution in [0.15, 0.2) is 12.1 Å². The third kappa shape index (κ3) is 1.99. The lowest BCUT2D eigenvalue weighted by molar-refractivity contribution is 0.165. The van der Waals surface area contributed by atoms with Gasteiger partial charge in [-0.1, -0.05) is 6.07 Å². The van der Waals surface area contributed by atoms with E-state index in [1.54, 1.807) is 0 Å². The van der Waals surface area contributed by atoms with Crippen LogP contribution in [0.4, 0.5) is 0 Å². The first-order valence-corrected chi connectivity index (χ1v) is 5.04. The molecule has 0 radical (unpaired) electrons. The van der Waals surface area contributed by atoms with Crippen LogP contribution in [-0.2, 0) is 6.42 Å². The summed E-state index contributed by atoms with van der Waals surface area (Å²) in [5.41, 5.74) is 6.49. The van der Waals surface area contributed by atoms with E-state index in [4.69, 9.17) is 15.2 Å². The maximum Gasteiger partial charge on any atom is 0.203 e. The van der Waals surface area contributed by atoms with Crippen LogP contribution in [0.5, 0.6) is 17.2 Å². The Hall–Kier alpha value is -1.42. The zero-order valence-corrected chi connectivity index (χ0v) is 8.69. The van der Waals surface area contributed by atoms with Gasteiger partial charge in [0.05, 0.1) is 0 Å². The van der Waals surface area contributed by atoms with Crippen molar-refractivity contribution in [2.24, 2.45) is 5.73 Å². The molecule has 1 aliphatic heterocycles. The molecule has 2 rings (SSSR count). The van der Waals surface area contributed by atoms with Crippen molar-refractivity contribution in [3.63, 3.8) is 0 Å². The Labute approximate surface area is 88.6 Å². The van der Waals surface area contributed by atoms with Gasteiger partial charge in [-0.25, -0.2) is 0 Å². The predicted octanol–water partition coefficient (Wildman–Crippen LogP) is 1.05. The summed E-state index contributed by atoms with van der Waals surface area (Å²) in [6.45, 7) is 2.90. The molecule has 15 heavy (non-hydrogen) atoms. The standard InChI is InChI=1S/C11H15NO3/c1-7(12)6-8-2-3-9-11(10(8)13)15-5-4-14-9/h2-3,7,13H,4-6,12H2,1H3. The van der Waals surface area contributed by atoms with E-state index < -0.39 is 0 Å². The van der Waals surface area contributed by atoms with Gasteiger partial charge in [0.15, 0.2) is 11.5 Å². The van der Waals surface area contributed by atoms with Crippen LogP contribution in [-0.4, -0.2) is 24.4 Å². The highest BCUT2D eigenvalue weighted by Gasteiger charge is 2.18. The van der Waals surface area contributed by atoms with Gasteiger partial charge in [0.25, 0.3) is 0 Å². The lowest BCUT2D eigenvalue weighted by atomic mass is 10.1. The van der Waals surface area contributed by atoms with Crippen LogP contribution in [0.25, 0.3) is 0 Å². The highest BCUT2D eigenvalue weighted by Crippen LogP contribution is 2.41. The van der Waals surface area contributed by atoms with Crippen LogP contribution in [0.3, 0.4) is 0 Å². The Morgan fingerprint density at radius 3 is 2.87 bits per heavy atom. The van der Waals surface area contributed by atoms with Gasteiger partial charge in [-0.2, -0.15) is 0 Å². The zero-order chi connectivity index (χ0) is 10.8. The van der Waals surface area contributed by atoms with E-state index in [0.717, 1.165) is 5.56 Å². The molecule has 0 spiro atoms. The second-order valence-corrected chi connectivity index (χ2v) is 3.78. The molecule has 1 unspecified atom stereocenters. The molecule has 0 amide bonds. The van der Waals surface area contributed by atoms with E-state index in [2.05, 4.69) is 0 Å². The van der Waals surface area contributed by atoms with E-state index in [1.165, 1.54) is 0 Å². The Morgan fingerprint density at radius 2 is 2.13 bits per heavy atom. The Bertz CT molecular complexity index is 363. The van der Waals surface area contributed by atoms with Crippen molar-refractivity contribution in [2.75, 3.05) is 13.2 Å². The Morgan fingerprint density at radius 1 is 1.40 bits per heavy atom. The number of rotatable bonds is 2. The topological polar surface area (TPSA) is 64.7 Å². The SMILES string of the molecule is CC(N)Cc1ccc2c(c1O)OCCO2. The highest BCUT2D eigenvalue weighted by atomic mass is 16.6. The third-order valence-electron chi connectivity index (χ3n) is 2.31. The van der Waals surface area contributed by atoms with Gasteiger partial charge >= 0.3 is 0 Å². The molecule has 1 aromatic rings. The fraction of sp³-hybridized carbons (Fsp3) is 0.455. The van der Waals surface area contributed by atoms with Gasteiger partial charge in [-0.05, 0) is 25.0 Å². The maximum absolute atomic E-state index is 9.92. The van der Waals surface area contributed by atoms with Crippen LogP contribution in [0.2, 0.25) is 0 Å². The average molecular weight is 209 g/mol. The van der Waals surface area contributed by atoms with E-state index in [1.807, 2.05) is 19.1 Å². The molecule has 0 aromatic heterocycles. The number of phenols is 1. The molecular weight excluding hydrogens is 194 g/mol. The zero-order valence-electron chi connectivity index (χ0n) is 8.69. The average Bonchev–Trinajstić information content (AvgIpc) is 2.22. The van der Waals surface area contributed by atoms with Gasteiger partial charge in [0, 0.05) is 6.04 Å². The minimum Gasteiger partial charge on any atom is -0.504 e. The van der Waals surface area contributed by atoms with Crippen molar-refractivity contribution in [3.05, 3.63) is 17.7 Å². The number of benzene rings is 1. The molecule has 1 heterocycles. The van der Waals surface area contributed by atoms with Crippen molar-refractivity contribution in [2.45, 2.75) is 19.4 Å². The molecule has 0 saturated heterocycles. The number of phenolic OH excluding ortho intramolecular Hbond substituents is 1. The van der Waals surface area contributed by atoms with Gasteiger partial charge in [0.1, 0.15) is 13.2 Å². The van der Waals surface area contributed by atoms with Gasteiger partial charge in [0.2, 0.25) is 5.75 Å². The van der Waals surface area contributed by atoms with Crippen LogP contribution in [0.1, 0.15) is 12.5 Å². The van der Waals surface area contributed by atoms with E-state index in [9.17, 15) is 5.11 Å². The van der Waals surface area contributed by atoms with E-state index in [-0.39, 0.29) is 11.8 Å². The molecule has 3 N–H and O–H groups in total. The Balaban J connectivity index is 2.34. The van der Waals surface area contributed by atoms with Crippen LogP contribution < -0.4 is 15.2 Å². The van der Waals surface area contributed by atoms with E-state index >= 15 is 0 Å². The number of fused-ring (bicyclic) bond motifs is 1. The number of hydrogen-bond acceptors (Lipinski definition) is 4. The maximum atomic E-state index is 9.92. The lowest BCUT2D eigenvalue weighted by Gasteiger charge is -2.20. The van der Waals surface area contributed by atoms with Gasteiger partial charge < -0.3 is 20.3 Å². The van der Waals surface area contributed by atoms with Gasteiger partial charge in [-0.3, -0.25) is 0 Å². The number of ether oxygens (including phenoxy) is 2. The van der Waals surface area contributed by atoms with Crippen molar-refractivity contribution in [3.8, 4) is 17.2 Å². The molecule has 82 valence electrons. The minimum absolute atomic E-state index is 0.0125. The molecule has 0 fully saturated rings. The van der Waals surface area contributed by atoms with Crippen molar-refractivity contribution < 1.29 is 14.6 Å². The van der Waals surface area contributed by atoms with Crippen molar-refractivity contribution in [1.29, 1.82) is 0 Å². The van der Waals surface area contributed by atoms with Gasteiger partial charge in [-0.15, -0.1) is 0 Å². The molecule has 0 bridgehead atoms. The number of aromatic hydroxyl groups is 1. The molecule has 0 aliphatic carbocycles. The van der Waals surface area contributed by atoms with Crippen LogP contribution >= 0.6 is 0 Å². The van der Waals surface area contributed by atoms with E-state index in [0.29, 0.717) is 31.1 Å². The summed E-state index contributed by atoms with van der Waals surface area (Å²) < 4.78 is 10.7. The molecule has 4 nitrogen and oxygen atoms in total. The molecular formula is C11H15NO3. The minimum atomic E-state index is 0.0125. The first-order chi connectivity index (χ1) is 7.18. The number of hydrogen-bond donors (Lipinski definition) is 2. The van der Waals surface area contributed by atoms with Crippen LogP contribution in [0, 0.1) is 0 Å². The quantitative estimate of drug-likeness (QED) is 0.764. The molecule has 1 atom stereocenters. The Kier molecular flexibility index (Phi) is 2.68. The highest BCUT2D eigenvalue weighted by molar-refractivity contribution is 5.55. The summed E-state index contributed by atoms with van der Waals surface area (Å²) in [6, 6.07) is 3.65. The summed E-state index contributed by atoms with van der Waals surface area (Å²) >= 11 is 0. The summed E-state index contributed by atoms with van der Waals surface area (Å²) in [5, 5.41) is 9.92. The van der Waals surface area contributed by atoms with Crippen molar-refractivity contribution >= 4 is 0 Å². The normalized spacial score (nSPS) is 16.1. The fourth-order valence-electron chi connectivity index (χ4n) is 1.65. The second kappa shape index (κ2) is 3.98. The monoisotopic (exact) mass is 209 g/mol. The first-order valence-electron chi connectivity index (χ1n) is 5.04. The first kappa shape index (κ1) is 10.1. The molecule has 1 aliphatic rings. The van der Waals surface area contributed by atoms with Crippen molar-refractivity contribution in [1.82, 2.24) is 0 Å². The lowest BCUT2D eigenvalue weighted by Crippen LogP contribution is -2.19. The molecule has 1 aromatic carbocycles. The number of nitrogens with two attached hydrogens (primary N) is 1. The molecule has 4 heteroatoms. The fourth-order valence-corrected chi connectivity index (χ4v) is 1.65.